The van der Waals surface area contributed by atoms with Crippen LogP contribution in [0.2, 0.25) is 5.15 Å². The molecule has 1 aromatic carbocycles. The van der Waals surface area contributed by atoms with Crippen LogP contribution in [0.5, 0.6) is 0 Å². The lowest BCUT2D eigenvalue weighted by atomic mass is 10.1. The van der Waals surface area contributed by atoms with Crippen molar-refractivity contribution < 1.29 is 4.39 Å². The Hall–Kier alpha value is -2.21. The molecule has 0 aliphatic carbocycles. The standard InChI is InChI=1S/C13H11ClFN5/c1-8(9-4-2-3-5-10(9)15)18-12-6-11(14)19-13-16-7-17-20(12)13/h2-8,18H,1H3. The van der Waals surface area contributed by atoms with Crippen molar-refractivity contribution >= 4 is 23.2 Å². The van der Waals surface area contributed by atoms with Crippen LogP contribution in [0.4, 0.5) is 10.2 Å². The Balaban J connectivity index is 1.97. The van der Waals surface area contributed by atoms with Crippen molar-refractivity contribution in [3.05, 3.63) is 53.2 Å². The molecule has 1 N–H and O–H groups in total. The number of hydrogen-bond acceptors (Lipinski definition) is 4. The predicted molar refractivity (Wildman–Crippen MR) is 74.2 cm³/mol. The number of anilines is 1. The van der Waals surface area contributed by atoms with Gasteiger partial charge in [-0.1, -0.05) is 29.8 Å². The number of nitrogens with zero attached hydrogens (tertiary/aromatic N) is 4. The van der Waals surface area contributed by atoms with Gasteiger partial charge in [0.15, 0.2) is 0 Å². The molecule has 3 aromatic rings. The lowest BCUT2D eigenvalue weighted by Crippen LogP contribution is -2.12. The molecule has 1 atom stereocenters. The zero-order chi connectivity index (χ0) is 14.1. The van der Waals surface area contributed by atoms with Crippen molar-refractivity contribution in [2.75, 3.05) is 5.32 Å². The van der Waals surface area contributed by atoms with E-state index in [1.807, 2.05) is 6.92 Å². The highest BCUT2D eigenvalue weighted by Crippen LogP contribution is 2.23. The van der Waals surface area contributed by atoms with E-state index in [1.165, 1.54) is 16.9 Å². The van der Waals surface area contributed by atoms with E-state index in [-0.39, 0.29) is 11.9 Å². The van der Waals surface area contributed by atoms with Gasteiger partial charge in [-0.25, -0.2) is 4.39 Å². The van der Waals surface area contributed by atoms with Crippen LogP contribution in [0, 0.1) is 5.82 Å². The number of nitrogens with one attached hydrogen (secondary N) is 1. The summed E-state index contributed by atoms with van der Waals surface area (Å²) in [4.78, 5) is 8.01. The molecule has 0 bridgehead atoms. The summed E-state index contributed by atoms with van der Waals surface area (Å²) >= 11 is 5.94. The lowest BCUT2D eigenvalue weighted by Gasteiger charge is -2.16. The molecule has 1 unspecified atom stereocenters. The van der Waals surface area contributed by atoms with E-state index in [0.717, 1.165) is 0 Å². The summed E-state index contributed by atoms with van der Waals surface area (Å²) in [5, 5.41) is 7.52. The van der Waals surface area contributed by atoms with Crippen LogP contribution in [-0.2, 0) is 0 Å². The maximum Gasteiger partial charge on any atom is 0.255 e. The fourth-order valence-corrected chi connectivity index (χ4v) is 2.19. The zero-order valence-electron chi connectivity index (χ0n) is 10.6. The average Bonchev–Trinajstić information content (AvgIpc) is 2.87. The van der Waals surface area contributed by atoms with Gasteiger partial charge in [0, 0.05) is 11.6 Å². The van der Waals surface area contributed by atoms with Crippen molar-refractivity contribution in [3.63, 3.8) is 0 Å². The Morgan fingerprint density at radius 2 is 2.15 bits per heavy atom. The first-order chi connectivity index (χ1) is 9.65. The van der Waals surface area contributed by atoms with Crippen molar-refractivity contribution in [1.82, 2.24) is 19.6 Å². The first kappa shape index (κ1) is 12.8. The Bertz CT molecular complexity index is 757. The molecule has 20 heavy (non-hydrogen) atoms. The largest absolute Gasteiger partial charge is 0.363 e. The van der Waals surface area contributed by atoms with E-state index >= 15 is 0 Å². The van der Waals surface area contributed by atoms with E-state index in [1.54, 1.807) is 24.3 Å². The highest BCUT2D eigenvalue weighted by atomic mass is 35.5. The second-order valence-corrected chi connectivity index (χ2v) is 4.71. The maximum atomic E-state index is 13.8. The lowest BCUT2D eigenvalue weighted by molar-refractivity contribution is 0.599. The minimum Gasteiger partial charge on any atom is -0.363 e. The van der Waals surface area contributed by atoms with Crippen LogP contribution in [0.1, 0.15) is 18.5 Å². The first-order valence-electron chi connectivity index (χ1n) is 6.02. The van der Waals surface area contributed by atoms with Crippen LogP contribution in [0.3, 0.4) is 0 Å². The van der Waals surface area contributed by atoms with Crippen LogP contribution in [-0.4, -0.2) is 19.6 Å². The summed E-state index contributed by atoms with van der Waals surface area (Å²) in [6, 6.07) is 7.99. The second-order valence-electron chi connectivity index (χ2n) is 4.32. The number of hydrogen-bond donors (Lipinski definition) is 1. The molecule has 102 valence electrons. The van der Waals surface area contributed by atoms with E-state index in [9.17, 15) is 4.39 Å². The Kier molecular flexibility index (Phi) is 3.23. The van der Waals surface area contributed by atoms with Gasteiger partial charge < -0.3 is 5.32 Å². The molecule has 0 aliphatic heterocycles. The number of fused-ring (bicyclic) bond motifs is 1. The average molecular weight is 292 g/mol. The van der Waals surface area contributed by atoms with E-state index in [0.29, 0.717) is 22.3 Å². The molecule has 5 nitrogen and oxygen atoms in total. The van der Waals surface area contributed by atoms with Gasteiger partial charge in [-0.2, -0.15) is 19.6 Å². The first-order valence-corrected chi connectivity index (χ1v) is 6.40. The molecule has 0 aliphatic rings. The van der Waals surface area contributed by atoms with Crippen LogP contribution < -0.4 is 5.32 Å². The fourth-order valence-electron chi connectivity index (χ4n) is 2.01. The molecule has 0 saturated heterocycles. The molecule has 0 fully saturated rings. The van der Waals surface area contributed by atoms with Gasteiger partial charge in [0.25, 0.3) is 5.78 Å². The topological polar surface area (TPSA) is 55.1 Å². The molecule has 2 aromatic heterocycles. The summed E-state index contributed by atoms with van der Waals surface area (Å²) in [5.41, 5.74) is 0.564. The molecule has 0 amide bonds. The van der Waals surface area contributed by atoms with E-state index in [2.05, 4.69) is 20.4 Å². The van der Waals surface area contributed by atoms with Crippen molar-refractivity contribution in [2.45, 2.75) is 13.0 Å². The molecule has 0 spiro atoms. The number of rotatable bonds is 3. The third-order valence-electron chi connectivity index (χ3n) is 2.96. The van der Waals surface area contributed by atoms with Crippen molar-refractivity contribution in [3.8, 4) is 0 Å². The summed E-state index contributed by atoms with van der Waals surface area (Å²) < 4.78 is 15.3. The molecule has 2 heterocycles. The second kappa shape index (κ2) is 5.05. The smallest absolute Gasteiger partial charge is 0.255 e. The summed E-state index contributed by atoms with van der Waals surface area (Å²) in [7, 11) is 0. The number of aromatic nitrogens is 4. The molecular formula is C13H11ClFN5. The zero-order valence-corrected chi connectivity index (χ0v) is 11.3. The molecule has 0 saturated carbocycles. The third kappa shape index (κ3) is 2.30. The van der Waals surface area contributed by atoms with Gasteiger partial charge >= 0.3 is 0 Å². The number of benzene rings is 1. The quantitative estimate of drug-likeness (QED) is 0.754. The third-order valence-corrected chi connectivity index (χ3v) is 3.15. The van der Waals surface area contributed by atoms with Crippen molar-refractivity contribution in [1.29, 1.82) is 0 Å². The van der Waals surface area contributed by atoms with Gasteiger partial charge in [-0.15, -0.1) is 0 Å². The van der Waals surface area contributed by atoms with Crippen molar-refractivity contribution in [2.24, 2.45) is 0 Å². The minimum absolute atomic E-state index is 0.248. The highest BCUT2D eigenvalue weighted by molar-refractivity contribution is 6.29. The Morgan fingerprint density at radius 3 is 2.95 bits per heavy atom. The van der Waals surface area contributed by atoms with Crippen LogP contribution in [0.15, 0.2) is 36.7 Å². The fraction of sp³-hybridized carbons (Fsp3) is 0.154. The van der Waals surface area contributed by atoms with Gasteiger partial charge in [-0.05, 0) is 13.0 Å². The minimum atomic E-state index is -0.262. The SMILES string of the molecule is CC(Nc1cc(Cl)nc2ncnn12)c1ccccc1F. The summed E-state index contributed by atoms with van der Waals surface area (Å²) in [6.45, 7) is 1.86. The monoisotopic (exact) mass is 291 g/mol. The highest BCUT2D eigenvalue weighted by Gasteiger charge is 2.13. The summed E-state index contributed by atoms with van der Waals surface area (Å²) in [6.07, 6.45) is 1.39. The molecule has 3 rings (SSSR count). The summed E-state index contributed by atoms with van der Waals surface area (Å²) in [5.74, 6) is 0.733. The Morgan fingerprint density at radius 1 is 1.35 bits per heavy atom. The van der Waals surface area contributed by atoms with Crippen LogP contribution in [0.25, 0.3) is 5.78 Å². The van der Waals surface area contributed by atoms with Gasteiger partial charge in [0.05, 0.1) is 6.04 Å². The van der Waals surface area contributed by atoms with E-state index < -0.39 is 0 Å². The van der Waals surface area contributed by atoms with Gasteiger partial charge in [-0.3, -0.25) is 0 Å². The molecule has 7 heteroatoms. The molecule has 0 radical (unpaired) electrons. The Labute approximate surface area is 119 Å². The predicted octanol–water partition coefficient (Wildman–Crippen LogP) is 3.09. The normalized spacial score (nSPS) is 12.6. The van der Waals surface area contributed by atoms with Crippen LogP contribution >= 0.6 is 11.6 Å². The van der Waals surface area contributed by atoms with Gasteiger partial charge in [0.1, 0.15) is 23.1 Å². The van der Waals surface area contributed by atoms with E-state index in [4.69, 9.17) is 11.6 Å². The van der Waals surface area contributed by atoms with Gasteiger partial charge in [0.2, 0.25) is 0 Å². The molecular weight excluding hydrogens is 281 g/mol. The number of halogens is 2. The maximum absolute atomic E-state index is 13.8.